The first-order valence-corrected chi connectivity index (χ1v) is 25.8. The summed E-state index contributed by atoms with van der Waals surface area (Å²) < 4.78 is 30.2. The predicted octanol–water partition coefficient (Wildman–Crippen LogP) is 10.9. The fourth-order valence-electron chi connectivity index (χ4n) is 12.0. The minimum atomic E-state index is -0.267. The van der Waals surface area contributed by atoms with E-state index in [0.717, 1.165) is 123 Å². The molecule has 0 N–H and O–H groups in total. The van der Waals surface area contributed by atoms with Gasteiger partial charge in [0.05, 0.1) is 12.4 Å². The number of fused-ring (bicyclic) bond motifs is 8. The number of hydrogen-bond donors (Lipinski definition) is 0. The smallest absolute Gasteiger partial charge is 0.214 e. The van der Waals surface area contributed by atoms with E-state index in [9.17, 15) is 0 Å². The van der Waals surface area contributed by atoms with Gasteiger partial charge in [0.15, 0.2) is 0 Å². The molecular formula is C64H40B2N4O4Pt2S-6. The van der Waals surface area contributed by atoms with E-state index in [1.807, 2.05) is 101 Å². The van der Waals surface area contributed by atoms with E-state index in [0.29, 0.717) is 0 Å². The molecular weight excluding hydrogens is 1330 g/mol. The second kappa shape index (κ2) is 18.7. The van der Waals surface area contributed by atoms with Crippen molar-refractivity contribution in [2.24, 2.45) is 0 Å². The Hall–Kier alpha value is -7.41. The number of aryl methyl sites for hydroxylation is 6. The van der Waals surface area contributed by atoms with Crippen LogP contribution in [0.4, 0.5) is 0 Å². The summed E-state index contributed by atoms with van der Waals surface area (Å²) in [6.07, 6.45) is 8.03. The van der Waals surface area contributed by atoms with Gasteiger partial charge in [0.1, 0.15) is 23.0 Å². The van der Waals surface area contributed by atoms with Crippen LogP contribution in [0.1, 0.15) is 33.4 Å². The fraction of sp³-hybridized carbons (Fsp3) is 0.0938. The van der Waals surface area contributed by atoms with Crippen molar-refractivity contribution in [3.63, 3.8) is 0 Å². The Morgan fingerprint density at radius 1 is 0.442 bits per heavy atom. The van der Waals surface area contributed by atoms with Crippen LogP contribution in [0.2, 0.25) is 0 Å². The van der Waals surface area contributed by atoms with E-state index >= 15 is 0 Å². The van der Waals surface area contributed by atoms with Crippen LogP contribution in [0, 0.1) is 77.3 Å². The van der Waals surface area contributed by atoms with Crippen LogP contribution in [-0.2, 0) is 42.1 Å². The van der Waals surface area contributed by atoms with Gasteiger partial charge in [0, 0.05) is 99.6 Å². The first kappa shape index (κ1) is 49.2. The van der Waals surface area contributed by atoms with Gasteiger partial charge < -0.3 is 47.5 Å². The first-order valence-electron chi connectivity index (χ1n) is 25.0. The normalized spacial score (nSPS) is 12.7. The van der Waals surface area contributed by atoms with Crippen molar-refractivity contribution in [1.82, 2.24) is 19.6 Å². The molecule has 11 aromatic rings. The van der Waals surface area contributed by atoms with Crippen LogP contribution in [0.25, 0.3) is 55.2 Å². The number of rotatable bonds is 6. The topological polar surface area (TPSA) is 72.6 Å². The summed E-state index contributed by atoms with van der Waals surface area (Å²) in [6, 6.07) is 55.8. The van der Waals surface area contributed by atoms with Gasteiger partial charge in [-0.15, -0.1) is 70.4 Å². The minimum Gasteiger partial charge on any atom is -0.518 e. The molecule has 0 aliphatic carbocycles. The summed E-state index contributed by atoms with van der Waals surface area (Å²) in [4.78, 5) is 0.890. The van der Waals surface area contributed by atoms with Crippen LogP contribution >= 0.6 is 11.3 Å². The fourth-order valence-corrected chi connectivity index (χ4v) is 12.7. The third kappa shape index (κ3) is 7.95. The van der Waals surface area contributed by atoms with Crippen molar-refractivity contribution in [3.05, 3.63) is 203 Å². The van der Waals surface area contributed by atoms with E-state index in [-0.39, 0.29) is 55.6 Å². The molecule has 0 saturated heterocycles. The Kier molecular flexibility index (Phi) is 11.9. The van der Waals surface area contributed by atoms with Crippen LogP contribution in [-0.4, -0.2) is 33.0 Å². The summed E-state index contributed by atoms with van der Waals surface area (Å²) in [5, 5.41) is 13.3. The number of ether oxygens (including phenoxy) is 4. The molecule has 0 fully saturated rings. The molecule has 0 saturated carbocycles. The molecule has 3 aromatic heterocycles. The standard InChI is InChI=1S/C64H40B2N4O4S.2Pt/c1-35-21-37(3)61(38(4)22-35)44-30-67-69(32-44)46-15-19-54-50(28-46)65-48-25-41(13-17-52(48)71-56-9-7-11-58(73-54)63(56)65)43-27-60(75-34-43)42-14-18-53-49(26-42)66-51-29-47(16-20-55(51)74-59-12-8-10-57(72-53)64(59)66)70-33-45(31-68-70)62-39(5)23-36(2)24-40(62)6;;/h7-24,30-33H,1-6H3;;/q-6;;. The van der Waals surface area contributed by atoms with E-state index in [1.165, 1.54) is 55.8 Å². The Balaban J connectivity index is 0.00000283. The second-order valence-electron chi connectivity index (χ2n) is 20.1. The van der Waals surface area contributed by atoms with Gasteiger partial charge in [-0.3, -0.25) is 14.7 Å². The molecule has 7 heterocycles. The average molecular weight is 1370 g/mol. The third-order valence-electron chi connectivity index (χ3n) is 15.0. The van der Waals surface area contributed by atoms with Crippen molar-refractivity contribution in [2.75, 3.05) is 0 Å². The molecule has 8 nitrogen and oxygen atoms in total. The summed E-state index contributed by atoms with van der Waals surface area (Å²) in [5.41, 5.74) is 21.5. The average Bonchev–Trinajstić information content (AvgIpc) is 4.22. The van der Waals surface area contributed by atoms with Crippen molar-refractivity contribution in [1.29, 1.82) is 0 Å². The molecule has 13 heteroatoms. The largest absolute Gasteiger partial charge is 0.518 e. The van der Waals surface area contributed by atoms with Crippen molar-refractivity contribution in [2.45, 2.75) is 41.5 Å². The third-order valence-corrected chi connectivity index (χ3v) is 15.8. The predicted molar refractivity (Wildman–Crippen MR) is 297 cm³/mol. The zero-order chi connectivity index (χ0) is 50.4. The zero-order valence-electron chi connectivity index (χ0n) is 42.3. The SMILES string of the molecule is Cc1cc(C)c(-c2cnn(-c3[c-]c4c(cc3)Oc3cccc5c3B4c3[c-]c(-c4[c-]sc(-c6[c-]c7c(cc6)Oc6cccc8c6B7c6[c-]c(-n7cc(-c9c(C)cc(C)cc9C)cn7)ccc6O8)[c-]4)ccc3O5)c2)c(C)c1.[Pt].[Pt]. The Morgan fingerprint density at radius 2 is 0.831 bits per heavy atom. The van der Waals surface area contributed by atoms with E-state index in [4.69, 9.17) is 29.1 Å². The van der Waals surface area contributed by atoms with Gasteiger partial charge in [0.25, 0.3) is 0 Å². The summed E-state index contributed by atoms with van der Waals surface area (Å²) >= 11 is 1.50. The molecule has 0 spiro atoms. The van der Waals surface area contributed by atoms with Gasteiger partial charge in [0.2, 0.25) is 13.4 Å². The quantitative estimate of drug-likeness (QED) is 0.122. The van der Waals surface area contributed by atoms with E-state index in [1.54, 1.807) is 0 Å². The minimum absolute atomic E-state index is 0. The monoisotopic (exact) mass is 1370 g/mol. The van der Waals surface area contributed by atoms with Gasteiger partial charge in [-0.25, -0.2) is 12.1 Å². The first-order chi connectivity index (χ1) is 36.6. The molecule has 378 valence electrons. The van der Waals surface area contributed by atoms with Crippen molar-refractivity contribution < 1.29 is 61.1 Å². The molecule has 4 aliphatic rings. The Morgan fingerprint density at radius 3 is 1.27 bits per heavy atom. The van der Waals surface area contributed by atoms with Gasteiger partial charge >= 0.3 is 0 Å². The molecule has 0 amide bonds. The maximum absolute atomic E-state index is 6.61. The molecule has 8 aromatic carbocycles. The van der Waals surface area contributed by atoms with Gasteiger partial charge in [-0.2, -0.15) is 32.8 Å². The molecule has 0 radical (unpaired) electrons. The summed E-state index contributed by atoms with van der Waals surface area (Å²) in [5.74, 6) is 5.93. The van der Waals surface area contributed by atoms with E-state index < -0.39 is 0 Å². The van der Waals surface area contributed by atoms with Crippen molar-refractivity contribution in [3.8, 4) is 101 Å². The number of nitrogens with zero attached hydrogens (tertiary/aromatic N) is 4. The molecule has 0 bridgehead atoms. The van der Waals surface area contributed by atoms with Crippen LogP contribution in [0.3, 0.4) is 0 Å². The van der Waals surface area contributed by atoms with Crippen molar-refractivity contribution >= 4 is 57.5 Å². The Bertz CT molecular complexity index is 3930. The number of hydrogen-bond acceptors (Lipinski definition) is 7. The maximum atomic E-state index is 6.61. The molecule has 0 unspecified atom stereocenters. The van der Waals surface area contributed by atoms with Gasteiger partial charge in [-0.05, 0) is 111 Å². The maximum Gasteiger partial charge on any atom is 0.214 e. The molecule has 77 heavy (non-hydrogen) atoms. The second-order valence-corrected chi connectivity index (χ2v) is 20.9. The molecule has 15 rings (SSSR count). The molecule has 4 aliphatic heterocycles. The molecule has 0 atom stereocenters. The van der Waals surface area contributed by atoms with Crippen LogP contribution in [0.5, 0.6) is 46.0 Å². The number of benzene rings is 8. The number of thiophene rings is 1. The van der Waals surface area contributed by atoms with Gasteiger partial charge in [-0.1, -0.05) is 47.5 Å². The zero-order valence-corrected chi connectivity index (χ0v) is 47.7. The van der Waals surface area contributed by atoms with E-state index in [2.05, 4.69) is 120 Å². The van der Waals surface area contributed by atoms with Crippen LogP contribution < -0.4 is 51.7 Å². The number of aromatic nitrogens is 4. The summed E-state index contributed by atoms with van der Waals surface area (Å²) in [6.45, 7) is 12.4. The van der Waals surface area contributed by atoms with Crippen LogP contribution in [0.15, 0.2) is 134 Å². The summed E-state index contributed by atoms with van der Waals surface area (Å²) in [7, 11) is 0. The Labute approximate surface area is 480 Å².